The summed E-state index contributed by atoms with van der Waals surface area (Å²) in [5.74, 6) is -0.828. The Bertz CT molecular complexity index is 529. The lowest BCUT2D eigenvalue weighted by Gasteiger charge is -2.36. The zero-order valence-electron chi connectivity index (χ0n) is 12.4. The average molecular weight is 291 g/mol. The van der Waals surface area contributed by atoms with Gasteiger partial charge in [-0.25, -0.2) is 4.79 Å². The van der Waals surface area contributed by atoms with Gasteiger partial charge in [0.25, 0.3) is 5.91 Å². The number of hydrogen-bond donors (Lipinski definition) is 1. The van der Waals surface area contributed by atoms with Crippen molar-refractivity contribution in [2.75, 3.05) is 13.7 Å². The summed E-state index contributed by atoms with van der Waals surface area (Å²) >= 11 is 0. The van der Waals surface area contributed by atoms with Gasteiger partial charge in [-0.1, -0.05) is 25.1 Å². The fourth-order valence-electron chi connectivity index (χ4n) is 2.78. The Morgan fingerprint density at radius 1 is 1.38 bits per heavy atom. The molecule has 5 nitrogen and oxygen atoms in total. The molecular formula is C16H21NO4. The molecule has 2 atom stereocenters. The van der Waals surface area contributed by atoms with Gasteiger partial charge in [0.05, 0.1) is 6.61 Å². The van der Waals surface area contributed by atoms with Crippen LogP contribution in [0.15, 0.2) is 24.3 Å². The van der Waals surface area contributed by atoms with Crippen LogP contribution in [0.2, 0.25) is 0 Å². The molecule has 0 aliphatic carbocycles. The summed E-state index contributed by atoms with van der Waals surface area (Å²) in [6.07, 6.45) is 1.34. The van der Waals surface area contributed by atoms with Crippen LogP contribution in [0.25, 0.3) is 0 Å². The van der Waals surface area contributed by atoms with Gasteiger partial charge >= 0.3 is 5.97 Å². The van der Waals surface area contributed by atoms with E-state index in [1.54, 1.807) is 19.2 Å². The van der Waals surface area contributed by atoms with E-state index in [1.165, 1.54) is 4.90 Å². The monoisotopic (exact) mass is 291 g/mol. The van der Waals surface area contributed by atoms with Gasteiger partial charge in [0.15, 0.2) is 0 Å². The molecule has 2 rings (SSSR count). The minimum atomic E-state index is -0.931. The Morgan fingerprint density at radius 2 is 2.10 bits per heavy atom. The highest BCUT2D eigenvalue weighted by atomic mass is 16.5. The number of carboxylic acid groups (broad SMARTS) is 1. The number of benzene rings is 1. The number of carbonyl (C=O) groups excluding carboxylic acids is 1. The van der Waals surface area contributed by atoms with Crippen molar-refractivity contribution in [3.63, 3.8) is 0 Å². The second-order valence-electron chi connectivity index (χ2n) is 5.57. The van der Waals surface area contributed by atoms with Gasteiger partial charge < -0.3 is 14.7 Å². The zero-order chi connectivity index (χ0) is 15.4. The summed E-state index contributed by atoms with van der Waals surface area (Å²) in [6, 6.07) is 6.45. The van der Waals surface area contributed by atoms with Crippen LogP contribution in [-0.2, 0) is 16.1 Å². The third kappa shape index (κ3) is 3.42. The molecule has 0 radical (unpaired) electrons. The Hall–Kier alpha value is -1.88. The Morgan fingerprint density at radius 3 is 2.76 bits per heavy atom. The zero-order valence-corrected chi connectivity index (χ0v) is 12.4. The maximum Gasteiger partial charge on any atom is 0.326 e. The highest BCUT2D eigenvalue weighted by Crippen LogP contribution is 2.25. The summed E-state index contributed by atoms with van der Waals surface area (Å²) in [5.41, 5.74) is 1.31. The van der Waals surface area contributed by atoms with Crippen molar-refractivity contribution < 1.29 is 19.4 Å². The lowest BCUT2D eigenvalue weighted by atomic mass is 9.91. The first kappa shape index (κ1) is 15.5. The van der Waals surface area contributed by atoms with Crippen LogP contribution in [0.1, 0.15) is 35.7 Å². The molecule has 114 valence electrons. The fraction of sp³-hybridized carbons (Fsp3) is 0.500. The van der Waals surface area contributed by atoms with E-state index in [0.717, 1.165) is 12.0 Å². The molecule has 1 aromatic rings. The number of aliphatic carboxylic acids is 1. The van der Waals surface area contributed by atoms with Crippen LogP contribution >= 0.6 is 0 Å². The number of amides is 1. The van der Waals surface area contributed by atoms with E-state index in [1.807, 2.05) is 19.1 Å². The first-order valence-corrected chi connectivity index (χ1v) is 7.15. The number of hydrogen-bond acceptors (Lipinski definition) is 3. The van der Waals surface area contributed by atoms with Crippen molar-refractivity contribution in [1.29, 1.82) is 0 Å². The molecule has 1 saturated heterocycles. The van der Waals surface area contributed by atoms with Crippen LogP contribution < -0.4 is 0 Å². The van der Waals surface area contributed by atoms with Gasteiger partial charge in [-0.15, -0.1) is 0 Å². The van der Waals surface area contributed by atoms with Crippen LogP contribution in [-0.4, -0.2) is 41.6 Å². The predicted octanol–water partition coefficient (Wildman–Crippen LogP) is 2.16. The van der Waals surface area contributed by atoms with Crippen molar-refractivity contribution in [3.05, 3.63) is 35.4 Å². The van der Waals surface area contributed by atoms with Crippen LogP contribution in [0.3, 0.4) is 0 Å². The largest absolute Gasteiger partial charge is 0.480 e. The van der Waals surface area contributed by atoms with E-state index >= 15 is 0 Å². The molecule has 1 amide bonds. The van der Waals surface area contributed by atoms with Crippen molar-refractivity contribution >= 4 is 11.9 Å². The summed E-state index contributed by atoms with van der Waals surface area (Å²) in [7, 11) is 1.57. The van der Waals surface area contributed by atoms with Gasteiger partial charge in [0.2, 0.25) is 0 Å². The number of piperidine rings is 1. The van der Waals surface area contributed by atoms with Gasteiger partial charge in [-0.05, 0) is 30.4 Å². The van der Waals surface area contributed by atoms with Crippen LogP contribution in [0.4, 0.5) is 0 Å². The first-order valence-electron chi connectivity index (χ1n) is 7.15. The first-order chi connectivity index (χ1) is 10.0. The quantitative estimate of drug-likeness (QED) is 0.923. The SMILES string of the molecule is COCc1ccccc1C(=O)N1CCC(C)CC1C(=O)O. The molecule has 21 heavy (non-hydrogen) atoms. The molecule has 1 heterocycles. The van der Waals surface area contributed by atoms with Gasteiger partial charge in [0.1, 0.15) is 6.04 Å². The topological polar surface area (TPSA) is 66.8 Å². The third-order valence-corrected chi connectivity index (χ3v) is 3.96. The molecule has 0 saturated carbocycles. The average Bonchev–Trinajstić information content (AvgIpc) is 2.47. The van der Waals surface area contributed by atoms with E-state index in [0.29, 0.717) is 31.1 Å². The number of carbonyl (C=O) groups is 2. The van der Waals surface area contributed by atoms with Gasteiger partial charge in [0, 0.05) is 19.2 Å². The van der Waals surface area contributed by atoms with Crippen molar-refractivity contribution in [1.82, 2.24) is 4.90 Å². The summed E-state index contributed by atoms with van der Waals surface area (Å²) in [4.78, 5) is 25.6. The second-order valence-corrected chi connectivity index (χ2v) is 5.57. The maximum absolute atomic E-state index is 12.7. The molecule has 1 aromatic carbocycles. The lowest BCUT2D eigenvalue weighted by Crippen LogP contribution is -2.50. The standard InChI is InChI=1S/C16H21NO4/c1-11-7-8-17(14(9-11)16(19)20)15(18)13-6-4-3-5-12(13)10-21-2/h3-6,11,14H,7-10H2,1-2H3,(H,19,20). The Balaban J connectivity index is 2.28. The van der Waals surface area contributed by atoms with Crippen molar-refractivity contribution in [3.8, 4) is 0 Å². The highest BCUT2D eigenvalue weighted by molar-refractivity contribution is 5.98. The number of carboxylic acids is 1. The number of likely N-dealkylation sites (tertiary alicyclic amines) is 1. The summed E-state index contributed by atoms with van der Waals surface area (Å²) < 4.78 is 5.11. The smallest absolute Gasteiger partial charge is 0.326 e. The molecule has 1 fully saturated rings. The van der Waals surface area contributed by atoms with E-state index < -0.39 is 12.0 Å². The Labute approximate surface area is 124 Å². The Kier molecular flexibility index (Phi) is 4.96. The maximum atomic E-state index is 12.7. The van der Waals surface area contributed by atoms with Crippen molar-refractivity contribution in [2.45, 2.75) is 32.4 Å². The molecule has 0 aromatic heterocycles. The van der Waals surface area contributed by atoms with E-state index in [9.17, 15) is 14.7 Å². The number of nitrogens with zero attached hydrogens (tertiary/aromatic N) is 1. The normalized spacial score (nSPS) is 22.1. The third-order valence-electron chi connectivity index (χ3n) is 3.96. The van der Waals surface area contributed by atoms with E-state index in [2.05, 4.69) is 0 Å². The molecule has 0 bridgehead atoms. The second kappa shape index (κ2) is 6.72. The molecule has 2 unspecified atom stereocenters. The highest BCUT2D eigenvalue weighted by Gasteiger charge is 2.35. The van der Waals surface area contributed by atoms with Gasteiger partial charge in [-0.3, -0.25) is 4.79 Å². The number of rotatable bonds is 4. The number of methoxy groups -OCH3 is 1. The number of ether oxygens (including phenoxy) is 1. The van der Waals surface area contributed by atoms with E-state index in [-0.39, 0.29) is 5.91 Å². The van der Waals surface area contributed by atoms with Crippen LogP contribution in [0.5, 0.6) is 0 Å². The lowest BCUT2D eigenvalue weighted by molar-refractivity contribution is -0.144. The van der Waals surface area contributed by atoms with Crippen LogP contribution in [0, 0.1) is 5.92 Å². The van der Waals surface area contributed by atoms with Crippen molar-refractivity contribution in [2.24, 2.45) is 5.92 Å². The molecule has 1 aliphatic rings. The molecule has 1 N–H and O–H groups in total. The fourth-order valence-corrected chi connectivity index (χ4v) is 2.78. The predicted molar refractivity (Wildman–Crippen MR) is 78.0 cm³/mol. The summed E-state index contributed by atoms with van der Waals surface area (Å²) in [6.45, 7) is 2.85. The summed E-state index contributed by atoms with van der Waals surface area (Å²) in [5, 5.41) is 9.38. The molecule has 5 heteroatoms. The van der Waals surface area contributed by atoms with E-state index in [4.69, 9.17) is 4.74 Å². The minimum Gasteiger partial charge on any atom is -0.480 e. The van der Waals surface area contributed by atoms with Gasteiger partial charge in [-0.2, -0.15) is 0 Å². The molecule has 1 aliphatic heterocycles. The molecule has 0 spiro atoms. The molecular weight excluding hydrogens is 270 g/mol. The minimum absolute atomic E-state index is 0.220.